The predicted molar refractivity (Wildman–Crippen MR) is 65.6 cm³/mol. The highest BCUT2D eigenvalue weighted by molar-refractivity contribution is 7.13. The van der Waals surface area contributed by atoms with Gasteiger partial charge in [-0.2, -0.15) is 0 Å². The van der Waals surface area contributed by atoms with Gasteiger partial charge in [0.15, 0.2) is 0 Å². The van der Waals surface area contributed by atoms with Crippen LogP contribution < -0.4 is 0 Å². The van der Waals surface area contributed by atoms with Gasteiger partial charge in [-0.05, 0) is 19.8 Å². The van der Waals surface area contributed by atoms with Crippen molar-refractivity contribution in [2.24, 2.45) is 0 Å². The minimum Gasteiger partial charge on any atom is -0.477 e. The van der Waals surface area contributed by atoms with E-state index in [1.807, 2.05) is 0 Å². The Morgan fingerprint density at radius 3 is 2.53 bits per heavy atom. The van der Waals surface area contributed by atoms with E-state index in [-0.39, 0.29) is 5.60 Å². The molecule has 1 aliphatic rings. The minimum absolute atomic E-state index is 0.335. The fraction of sp³-hybridized carbons (Fsp3) is 0.667. The van der Waals surface area contributed by atoms with Crippen molar-refractivity contribution in [1.82, 2.24) is 4.98 Å². The number of nitrogens with zero attached hydrogens (tertiary/aromatic N) is 1. The third-order valence-corrected chi connectivity index (χ3v) is 4.76. The Morgan fingerprint density at radius 1 is 1.41 bits per heavy atom. The lowest BCUT2D eigenvalue weighted by Crippen LogP contribution is -2.30. The first-order valence-electron chi connectivity index (χ1n) is 5.85. The van der Waals surface area contributed by atoms with Crippen molar-refractivity contribution in [3.05, 3.63) is 15.6 Å². The van der Waals surface area contributed by atoms with Gasteiger partial charge in [-0.1, -0.05) is 19.3 Å². The van der Waals surface area contributed by atoms with Crippen molar-refractivity contribution in [2.45, 2.75) is 44.6 Å². The third kappa shape index (κ3) is 2.21. The molecule has 0 saturated heterocycles. The number of thiazole rings is 1. The number of carbonyl (C=O) groups is 1. The Morgan fingerprint density at radius 2 is 2.06 bits per heavy atom. The van der Waals surface area contributed by atoms with E-state index in [9.17, 15) is 4.79 Å². The topological polar surface area (TPSA) is 59.4 Å². The molecule has 0 radical (unpaired) electrons. The molecule has 1 fully saturated rings. The molecule has 0 atom stereocenters. The van der Waals surface area contributed by atoms with Crippen LogP contribution in [0.3, 0.4) is 0 Å². The fourth-order valence-electron chi connectivity index (χ4n) is 2.42. The second-order valence-electron chi connectivity index (χ2n) is 4.50. The van der Waals surface area contributed by atoms with Crippen molar-refractivity contribution >= 4 is 17.3 Å². The normalized spacial score (nSPS) is 19.2. The van der Waals surface area contributed by atoms with Gasteiger partial charge in [0, 0.05) is 7.11 Å². The highest BCUT2D eigenvalue weighted by atomic mass is 32.1. The zero-order valence-corrected chi connectivity index (χ0v) is 11.0. The van der Waals surface area contributed by atoms with Gasteiger partial charge in [0.25, 0.3) is 0 Å². The van der Waals surface area contributed by atoms with Gasteiger partial charge < -0.3 is 9.84 Å². The quantitative estimate of drug-likeness (QED) is 0.902. The molecule has 2 rings (SSSR count). The number of carboxylic acids is 1. The molecule has 1 aromatic rings. The minimum atomic E-state index is -0.895. The summed E-state index contributed by atoms with van der Waals surface area (Å²) in [6.45, 7) is 1.75. The number of ether oxygens (including phenoxy) is 1. The van der Waals surface area contributed by atoms with Gasteiger partial charge in [-0.15, -0.1) is 11.3 Å². The van der Waals surface area contributed by atoms with Crippen molar-refractivity contribution < 1.29 is 14.6 Å². The Hall–Kier alpha value is -0.940. The number of hydrogen-bond acceptors (Lipinski definition) is 4. The van der Waals surface area contributed by atoms with Crippen LogP contribution in [-0.4, -0.2) is 23.2 Å². The second kappa shape index (κ2) is 4.74. The molecule has 1 N–H and O–H groups in total. The molecular formula is C12H17NO3S. The average Bonchev–Trinajstić information content (AvgIpc) is 2.73. The van der Waals surface area contributed by atoms with Crippen molar-refractivity contribution in [2.75, 3.05) is 7.11 Å². The molecule has 94 valence electrons. The summed E-state index contributed by atoms with van der Waals surface area (Å²) in [5.74, 6) is -0.895. The standard InChI is InChI=1S/C12H17NO3S/c1-8-9(10(14)15)17-11(13-8)12(16-2)6-4-3-5-7-12/h3-7H2,1-2H3,(H,14,15). The van der Waals surface area contributed by atoms with E-state index in [0.29, 0.717) is 10.6 Å². The molecule has 1 aromatic heterocycles. The van der Waals surface area contributed by atoms with Crippen LogP contribution in [0.15, 0.2) is 0 Å². The third-order valence-electron chi connectivity index (χ3n) is 3.43. The molecule has 1 aliphatic carbocycles. The highest BCUT2D eigenvalue weighted by Gasteiger charge is 2.37. The maximum Gasteiger partial charge on any atom is 0.347 e. The SMILES string of the molecule is COC1(c2nc(C)c(C(=O)O)s2)CCCCC1. The van der Waals surface area contributed by atoms with E-state index in [2.05, 4.69) is 4.98 Å². The summed E-state index contributed by atoms with van der Waals surface area (Å²) in [7, 11) is 1.70. The van der Waals surface area contributed by atoms with Crippen molar-refractivity contribution in [3.63, 3.8) is 0 Å². The van der Waals surface area contributed by atoms with Crippen molar-refractivity contribution in [1.29, 1.82) is 0 Å². The molecular weight excluding hydrogens is 238 g/mol. The molecule has 0 amide bonds. The molecule has 0 aliphatic heterocycles. The Labute approximate surface area is 105 Å². The zero-order valence-electron chi connectivity index (χ0n) is 10.2. The monoisotopic (exact) mass is 255 g/mol. The second-order valence-corrected chi connectivity index (χ2v) is 5.50. The summed E-state index contributed by atoms with van der Waals surface area (Å²) in [5.41, 5.74) is 0.251. The van der Waals surface area contributed by atoms with E-state index in [1.54, 1.807) is 14.0 Å². The molecule has 17 heavy (non-hydrogen) atoms. The average molecular weight is 255 g/mol. The molecule has 1 heterocycles. The van der Waals surface area contributed by atoms with Crippen LogP contribution in [-0.2, 0) is 10.3 Å². The van der Waals surface area contributed by atoms with Gasteiger partial charge in [-0.25, -0.2) is 9.78 Å². The Balaban J connectivity index is 2.37. The Kier molecular flexibility index (Phi) is 3.49. The first kappa shape index (κ1) is 12.5. The summed E-state index contributed by atoms with van der Waals surface area (Å²) in [6, 6.07) is 0. The zero-order chi connectivity index (χ0) is 12.5. The van der Waals surface area contributed by atoms with Crippen molar-refractivity contribution in [3.8, 4) is 0 Å². The van der Waals surface area contributed by atoms with Gasteiger partial charge in [0.1, 0.15) is 15.5 Å². The summed E-state index contributed by atoms with van der Waals surface area (Å²) < 4.78 is 5.67. The molecule has 5 heteroatoms. The van der Waals surface area contributed by atoms with Crippen LogP contribution in [0.4, 0.5) is 0 Å². The molecule has 0 aromatic carbocycles. The van der Waals surface area contributed by atoms with Crippen LogP contribution in [0.5, 0.6) is 0 Å². The summed E-state index contributed by atoms with van der Waals surface area (Å²) in [6.07, 6.45) is 5.34. The lowest BCUT2D eigenvalue weighted by molar-refractivity contribution is -0.0446. The highest BCUT2D eigenvalue weighted by Crippen LogP contribution is 2.42. The maximum atomic E-state index is 11.0. The summed E-state index contributed by atoms with van der Waals surface area (Å²) in [4.78, 5) is 15.8. The molecule has 1 saturated carbocycles. The van der Waals surface area contributed by atoms with E-state index >= 15 is 0 Å². The van der Waals surface area contributed by atoms with Gasteiger partial charge in [-0.3, -0.25) is 0 Å². The van der Waals surface area contributed by atoms with Crippen LogP contribution in [0.1, 0.15) is 52.5 Å². The van der Waals surface area contributed by atoms with E-state index in [0.717, 1.165) is 30.7 Å². The van der Waals surface area contributed by atoms with Gasteiger partial charge >= 0.3 is 5.97 Å². The van der Waals surface area contributed by atoms with E-state index in [1.165, 1.54) is 17.8 Å². The van der Waals surface area contributed by atoms with Gasteiger partial charge in [0.2, 0.25) is 0 Å². The largest absolute Gasteiger partial charge is 0.477 e. The predicted octanol–water partition coefficient (Wildman–Crippen LogP) is 2.96. The summed E-state index contributed by atoms with van der Waals surface area (Å²) >= 11 is 1.26. The molecule has 0 spiro atoms. The summed E-state index contributed by atoms with van der Waals surface area (Å²) in [5, 5.41) is 9.89. The molecule has 0 bridgehead atoms. The number of rotatable bonds is 3. The number of aryl methyl sites for hydroxylation is 1. The van der Waals surface area contributed by atoms with E-state index in [4.69, 9.17) is 9.84 Å². The fourth-order valence-corrected chi connectivity index (χ4v) is 3.55. The van der Waals surface area contributed by atoms with E-state index < -0.39 is 5.97 Å². The van der Waals surface area contributed by atoms with Crippen LogP contribution in [0, 0.1) is 6.92 Å². The van der Waals surface area contributed by atoms with Crippen LogP contribution in [0.25, 0.3) is 0 Å². The first-order chi connectivity index (χ1) is 8.09. The molecule has 0 unspecified atom stereocenters. The number of aromatic nitrogens is 1. The number of aromatic carboxylic acids is 1. The number of carboxylic acid groups (broad SMARTS) is 1. The lowest BCUT2D eigenvalue weighted by Gasteiger charge is -2.34. The number of methoxy groups -OCH3 is 1. The van der Waals surface area contributed by atoms with Crippen LogP contribution >= 0.6 is 11.3 Å². The molecule has 4 nitrogen and oxygen atoms in total. The first-order valence-corrected chi connectivity index (χ1v) is 6.67. The Bertz CT molecular complexity index is 421. The number of hydrogen-bond donors (Lipinski definition) is 1. The maximum absolute atomic E-state index is 11.0. The smallest absolute Gasteiger partial charge is 0.347 e. The van der Waals surface area contributed by atoms with Gasteiger partial charge in [0.05, 0.1) is 5.69 Å². The lowest BCUT2D eigenvalue weighted by atomic mass is 9.85. The van der Waals surface area contributed by atoms with Crippen LogP contribution in [0.2, 0.25) is 0 Å².